The molecule has 0 aromatic heterocycles. The van der Waals surface area contributed by atoms with Crippen LogP contribution in [0.1, 0.15) is 24.0 Å². The van der Waals surface area contributed by atoms with Gasteiger partial charge in [0, 0.05) is 6.42 Å². The van der Waals surface area contributed by atoms with Crippen LogP contribution in [0.5, 0.6) is 11.5 Å². The third kappa shape index (κ3) is 5.81. The fraction of sp³-hybridized carbons (Fsp3) is 0.300. The first-order valence-electron chi connectivity index (χ1n) is 8.35. The van der Waals surface area contributed by atoms with Crippen LogP contribution in [0.25, 0.3) is 0 Å². The van der Waals surface area contributed by atoms with Gasteiger partial charge >= 0.3 is 11.9 Å². The summed E-state index contributed by atoms with van der Waals surface area (Å²) >= 11 is 0. The average Bonchev–Trinajstić information content (AvgIpc) is 2.56. The average molecular weight is 358 g/mol. The summed E-state index contributed by atoms with van der Waals surface area (Å²) in [6, 6.07) is 12.9. The van der Waals surface area contributed by atoms with Gasteiger partial charge in [0.25, 0.3) is 0 Å². The van der Waals surface area contributed by atoms with Gasteiger partial charge in [0.2, 0.25) is 0 Å². The molecule has 0 spiro atoms. The van der Waals surface area contributed by atoms with E-state index in [1.165, 1.54) is 18.2 Å². The quantitative estimate of drug-likeness (QED) is 0.548. The lowest BCUT2D eigenvalue weighted by atomic mass is 9.80. The number of phenols is 2. The van der Waals surface area contributed by atoms with Gasteiger partial charge in [0.05, 0.1) is 5.92 Å². The first kappa shape index (κ1) is 19.3. The van der Waals surface area contributed by atoms with Gasteiger partial charge in [0.1, 0.15) is 11.5 Å². The Morgan fingerprint density at radius 3 is 1.85 bits per heavy atom. The van der Waals surface area contributed by atoms with Gasteiger partial charge in [-0.15, -0.1) is 0 Å². The zero-order valence-corrected chi connectivity index (χ0v) is 14.2. The Balaban J connectivity index is 2.25. The van der Waals surface area contributed by atoms with Crippen LogP contribution in [-0.2, 0) is 22.4 Å². The van der Waals surface area contributed by atoms with Crippen LogP contribution < -0.4 is 0 Å². The molecule has 0 radical (unpaired) electrons. The molecule has 6 heteroatoms. The molecule has 6 nitrogen and oxygen atoms in total. The Labute approximate surface area is 151 Å². The number of rotatable bonds is 9. The van der Waals surface area contributed by atoms with Crippen molar-refractivity contribution < 1.29 is 30.0 Å². The number of carbonyl (C=O) groups is 2. The van der Waals surface area contributed by atoms with E-state index in [4.69, 9.17) is 5.11 Å². The van der Waals surface area contributed by atoms with E-state index < -0.39 is 23.8 Å². The molecule has 0 unspecified atom stereocenters. The maximum absolute atomic E-state index is 11.9. The van der Waals surface area contributed by atoms with E-state index in [-0.39, 0.29) is 30.8 Å². The summed E-state index contributed by atoms with van der Waals surface area (Å²) in [6.07, 6.45) is 0.609. The van der Waals surface area contributed by atoms with E-state index in [2.05, 4.69) is 0 Å². The number of benzene rings is 2. The van der Waals surface area contributed by atoms with Crippen molar-refractivity contribution in [1.82, 2.24) is 0 Å². The van der Waals surface area contributed by atoms with Crippen LogP contribution in [0.4, 0.5) is 0 Å². The van der Waals surface area contributed by atoms with Crippen molar-refractivity contribution in [3.63, 3.8) is 0 Å². The number of hydrogen-bond acceptors (Lipinski definition) is 4. The highest BCUT2D eigenvalue weighted by molar-refractivity contribution is 5.71. The van der Waals surface area contributed by atoms with Gasteiger partial charge in [-0.25, -0.2) is 0 Å². The second-order valence-corrected chi connectivity index (χ2v) is 6.39. The van der Waals surface area contributed by atoms with E-state index in [1.54, 1.807) is 30.3 Å². The standard InChI is InChI=1S/C20H22O6/c21-16-5-1-3-13(10-16)9-15(7-8-19(23)24)18(20(25)26)12-14-4-2-6-17(22)11-14/h1-6,10-11,15,18,21-22H,7-9,12H2,(H,23,24)(H,25,26)/t15-,18-/m1/s1. The fourth-order valence-corrected chi connectivity index (χ4v) is 3.13. The number of aromatic hydroxyl groups is 2. The summed E-state index contributed by atoms with van der Waals surface area (Å²) in [6.45, 7) is 0. The Hall–Kier alpha value is -3.02. The highest BCUT2D eigenvalue weighted by Gasteiger charge is 2.29. The molecule has 0 saturated heterocycles. The second kappa shape index (κ2) is 8.89. The zero-order valence-electron chi connectivity index (χ0n) is 14.2. The Kier molecular flexibility index (Phi) is 6.60. The van der Waals surface area contributed by atoms with Gasteiger partial charge in [-0.2, -0.15) is 0 Å². The van der Waals surface area contributed by atoms with Crippen LogP contribution >= 0.6 is 0 Å². The SMILES string of the molecule is O=C(O)CC[C@H](Cc1cccc(O)c1)[C@@H](Cc1cccc(O)c1)C(=O)O. The molecule has 0 aliphatic carbocycles. The van der Waals surface area contributed by atoms with E-state index in [1.807, 2.05) is 0 Å². The largest absolute Gasteiger partial charge is 0.508 e. The Morgan fingerprint density at radius 2 is 1.38 bits per heavy atom. The molecule has 4 N–H and O–H groups in total. The molecule has 26 heavy (non-hydrogen) atoms. The molecule has 0 amide bonds. The molecule has 2 aromatic rings. The predicted octanol–water partition coefficient (Wildman–Crippen LogP) is 3.06. The van der Waals surface area contributed by atoms with Crippen molar-refractivity contribution >= 4 is 11.9 Å². The molecule has 0 aliphatic heterocycles. The van der Waals surface area contributed by atoms with E-state index in [0.717, 1.165) is 5.56 Å². The minimum absolute atomic E-state index is 0.0571. The lowest BCUT2D eigenvalue weighted by Gasteiger charge is -2.24. The Morgan fingerprint density at radius 1 is 0.846 bits per heavy atom. The third-order valence-electron chi connectivity index (χ3n) is 4.39. The van der Waals surface area contributed by atoms with Gasteiger partial charge < -0.3 is 20.4 Å². The molecule has 0 fully saturated rings. The maximum Gasteiger partial charge on any atom is 0.307 e. The predicted molar refractivity (Wildman–Crippen MR) is 95.1 cm³/mol. The zero-order chi connectivity index (χ0) is 19.1. The van der Waals surface area contributed by atoms with Crippen molar-refractivity contribution in [2.24, 2.45) is 11.8 Å². The van der Waals surface area contributed by atoms with Crippen molar-refractivity contribution in [3.8, 4) is 11.5 Å². The summed E-state index contributed by atoms with van der Waals surface area (Å²) in [5.74, 6) is -3.08. The van der Waals surface area contributed by atoms with E-state index in [9.17, 15) is 24.9 Å². The van der Waals surface area contributed by atoms with Gasteiger partial charge in [0.15, 0.2) is 0 Å². The van der Waals surface area contributed by atoms with Crippen molar-refractivity contribution in [2.45, 2.75) is 25.7 Å². The van der Waals surface area contributed by atoms with Crippen LogP contribution in [0.3, 0.4) is 0 Å². The smallest absolute Gasteiger partial charge is 0.307 e. The molecule has 2 aromatic carbocycles. The molecule has 0 aliphatic rings. The van der Waals surface area contributed by atoms with Crippen LogP contribution in [0.15, 0.2) is 48.5 Å². The molecule has 2 atom stereocenters. The van der Waals surface area contributed by atoms with E-state index in [0.29, 0.717) is 12.0 Å². The molecule has 0 heterocycles. The fourth-order valence-electron chi connectivity index (χ4n) is 3.13. The molecule has 0 saturated carbocycles. The highest BCUT2D eigenvalue weighted by Crippen LogP contribution is 2.28. The van der Waals surface area contributed by atoms with Gasteiger partial charge in [-0.05, 0) is 60.6 Å². The molecule has 2 rings (SSSR count). The summed E-state index contributed by atoms with van der Waals surface area (Å²) < 4.78 is 0. The third-order valence-corrected chi connectivity index (χ3v) is 4.39. The van der Waals surface area contributed by atoms with Crippen molar-refractivity contribution in [3.05, 3.63) is 59.7 Å². The number of hydrogen-bond donors (Lipinski definition) is 4. The number of carboxylic acid groups (broad SMARTS) is 2. The number of phenolic OH excluding ortho intramolecular Hbond substituents is 2. The number of carboxylic acids is 2. The minimum Gasteiger partial charge on any atom is -0.508 e. The minimum atomic E-state index is -1.01. The molecular weight excluding hydrogens is 336 g/mol. The maximum atomic E-state index is 11.9. The number of aliphatic carboxylic acids is 2. The topological polar surface area (TPSA) is 115 Å². The van der Waals surface area contributed by atoms with Crippen molar-refractivity contribution in [2.75, 3.05) is 0 Å². The summed E-state index contributed by atoms with van der Waals surface area (Å²) in [7, 11) is 0. The molecular formula is C20H22O6. The molecule has 138 valence electrons. The normalized spacial score (nSPS) is 13.1. The first-order valence-corrected chi connectivity index (χ1v) is 8.35. The van der Waals surface area contributed by atoms with Gasteiger partial charge in [-0.3, -0.25) is 9.59 Å². The summed E-state index contributed by atoms with van der Waals surface area (Å²) in [5.41, 5.74) is 1.43. The second-order valence-electron chi connectivity index (χ2n) is 6.39. The van der Waals surface area contributed by atoms with Crippen LogP contribution in [-0.4, -0.2) is 32.4 Å². The monoisotopic (exact) mass is 358 g/mol. The lowest BCUT2D eigenvalue weighted by Crippen LogP contribution is -2.28. The highest BCUT2D eigenvalue weighted by atomic mass is 16.4. The summed E-state index contributed by atoms with van der Waals surface area (Å²) in [5, 5.41) is 37.9. The first-order chi connectivity index (χ1) is 12.3. The van der Waals surface area contributed by atoms with Crippen LogP contribution in [0.2, 0.25) is 0 Å². The van der Waals surface area contributed by atoms with Gasteiger partial charge in [-0.1, -0.05) is 24.3 Å². The molecule has 0 bridgehead atoms. The lowest BCUT2D eigenvalue weighted by molar-refractivity contribution is -0.145. The Bertz CT molecular complexity index is 770. The van der Waals surface area contributed by atoms with Crippen molar-refractivity contribution in [1.29, 1.82) is 0 Å². The van der Waals surface area contributed by atoms with Crippen LogP contribution in [0, 0.1) is 11.8 Å². The summed E-state index contributed by atoms with van der Waals surface area (Å²) in [4.78, 5) is 22.9. The van der Waals surface area contributed by atoms with E-state index >= 15 is 0 Å².